The van der Waals surface area contributed by atoms with E-state index in [0.29, 0.717) is 0 Å². The standard InChI is InChI=1S/C11H16N4S/c1-4-11(2,12)10-14-9(7-16-10)8-5-13-15(3)6-8/h5-7H,4,12H2,1-3H3. The second-order valence-electron chi connectivity index (χ2n) is 4.21. The van der Waals surface area contributed by atoms with Crippen molar-refractivity contribution in [1.82, 2.24) is 14.8 Å². The van der Waals surface area contributed by atoms with Gasteiger partial charge < -0.3 is 5.73 Å². The fraction of sp³-hybridized carbons (Fsp3) is 0.455. The molecule has 0 radical (unpaired) electrons. The van der Waals surface area contributed by atoms with Crippen LogP contribution < -0.4 is 5.73 Å². The average Bonchev–Trinajstić information content (AvgIpc) is 2.85. The first-order chi connectivity index (χ1) is 7.53. The van der Waals surface area contributed by atoms with Gasteiger partial charge in [-0.3, -0.25) is 4.68 Å². The Labute approximate surface area is 99.1 Å². The van der Waals surface area contributed by atoms with E-state index in [1.165, 1.54) is 0 Å². The number of hydrogen-bond acceptors (Lipinski definition) is 4. The lowest BCUT2D eigenvalue weighted by molar-refractivity contribution is 0.474. The number of aryl methyl sites for hydroxylation is 1. The third kappa shape index (κ3) is 2.01. The van der Waals surface area contributed by atoms with Crippen LogP contribution in [0, 0.1) is 0 Å². The molecule has 0 bridgehead atoms. The number of aromatic nitrogens is 3. The van der Waals surface area contributed by atoms with E-state index >= 15 is 0 Å². The van der Waals surface area contributed by atoms with Crippen LogP contribution in [-0.4, -0.2) is 14.8 Å². The quantitative estimate of drug-likeness (QED) is 0.888. The molecule has 5 heteroatoms. The minimum atomic E-state index is -0.328. The Morgan fingerprint density at radius 3 is 2.88 bits per heavy atom. The van der Waals surface area contributed by atoms with Crippen molar-refractivity contribution in [2.75, 3.05) is 0 Å². The maximum Gasteiger partial charge on any atom is 0.113 e. The number of nitrogens with two attached hydrogens (primary N) is 1. The van der Waals surface area contributed by atoms with E-state index < -0.39 is 0 Å². The van der Waals surface area contributed by atoms with Gasteiger partial charge in [0.05, 0.1) is 17.4 Å². The molecule has 2 aromatic heterocycles. The Bertz CT molecular complexity index is 484. The molecule has 0 aliphatic carbocycles. The lowest BCUT2D eigenvalue weighted by Crippen LogP contribution is -2.31. The van der Waals surface area contributed by atoms with Crippen molar-refractivity contribution >= 4 is 11.3 Å². The number of hydrogen-bond donors (Lipinski definition) is 1. The van der Waals surface area contributed by atoms with E-state index in [2.05, 4.69) is 17.0 Å². The number of rotatable bonds is 3. The summed E-state index contributed by atoms with van der Waals surface area (Å²) in [6.45, 7) is 4.09. The molecule has 0 spiro atoms. The van der Waals surface area contributed by atoms with Crippen molar-refractivity contribution in [3.05, 3.63) is 22.8 Å². The van der Waals surface area contributed by atoms with E-state index in [0.717, 1.165) is 22.7 Å². The summed E-state index contributed by atoms with van der Waals surface area (Å²) in [5.74, 6) is 0. The Kier molecular flexibility index (Phi) is 2.82. The predicted molar refractivity (Wildman–Crippen MR) is 66.1 cm³/mol. The summed E-state index contributed by atoms with van der Waals surface area (Å²) in [4.78, 5) is 4.58. The van der Waals surface area contributed by atoms with Crippen molar-refractivity contribution in [1.29, 1.82) is 0 Å². The molecule has 4 nitrogen and oxygen atoms in total. The fourth-order valence-electron chi connectivity index (χ4n) is 1.37. The number of nitrogens with zero attached hydrogens (tertiary/aromatic N) is 3. The zero-order valence-corrected chi connectivity index (χ0v) is 10.6. The molecule has 2 heterocycles. The average molecular weight is 236 g/mol. The van der Waals surface area contributed by atoms with Gasteiger partial charge in [0.1, 0.15) is 5.01 Å². The summed E-state index contributed by atoms with van der Waals surface area (Å²) >= 11 is 1.61. The second kappa shape index (κ2) is 3.99. The molecule has 0 fully saturated rings. The van der Waals surface area contributed by atoms with Gasteiger partial charge in [0, 0.05) is 24.2 Å². The Morgan fingerprint density at radius 1 is 1.56 bits per heavy atom. The maximum absolute atomic E-state index is 6.16. The highest BCUT2D eigenvalue weighted by atomic mass is 32.1. The van der Waals surface area contributed by atoms with E-state index in [1.807, 2.05) is 31.7 Å². The molecular weight excluding hydrogens is 220 g/mol. The number of thiazole rings is 1. The van der Waals surface area contributed by atoms with Crippen LogP contribution in [0.5, 0.6) is 0 Å². The predicted octanol–water partition coefficient (Wildman–Crippen LogP) is 2.13. The molecule has 1 unspecified atom stereocenters. The second-order valence-corrected chi connectivity index (χ2v) is 5.07. The molecule has 0 aromatic carbocycles. The summed E-state index contributed by atoms with van der Waals surface area (Å²) in [5, 5.41) is 7.15. The van der Waals surface area contributed by atoms with Crippen LogP contribution in [-0.2, 0) is 12.6 Å². The first kappa shape index (κ1) is 11.3. The van der Waals surface area contributed by atoms with Gasteiger partial charge in [-0.15, -0.1) is 11.3 Å². The molecule has 0 aliphatic heterocycles. The molecule has 0 amide bonds. The molecule has 0 saturated heterocycles. The van der Waals surface area contributed by atoms with Crippen molar-refractivity contribution < 1.29 is 0 Å². The highest BCUT2D eigenvalue weighted by molar-refractivity contribution is 7.10. The zero-order valence-electron chi connectivity index (χ0n) is 9.77. The van der Waals surface area contributed by atoms with Crippen molar-refractivity contribution in [2.24, 2.45) is 12.8 Å². The summed E-state index contributed by atoms with van der Waals surface area (Å²) < 4.78 is 1.77. The lowest BCUT2D eigenvalue weighted by atomic mass is 10.0. The largest absolute Gasteiger partial charge is 0.320 e. The van der Waals surface area contributed by atoms with Crippen LogP contribution in [0.25, 0.3) is 11.3 Å². The lowest BCUT2D eigenvalue weighted by Gasteiger charge is -2.18. The van der Waals surface area contributed by atoms with Gasteiger partial charge in [-0.2, -0.15) is 5.10 Å². The van der Waals surface area contributed by atoms with Gasteiger partial charge in [0.2, 0.25) is 0 Å². The third-order valence-electron chi connectivity index (χ3n) is 2.73. The first-order valence-corrected chi connectivity index (χ1v) is 6.15. The van der Waals surface area contributed by atoms with Crippen molar-refractivity contribution in [3.63, 3.8) is 0 Å². The third-order valence-corrected chi connectivity index (χ3v) is 3.85. The van der Waals surface area contributed by atoms with Crippen LogP contribution in [0.15, 0.2) is 17.8 Å². The fourth-order valence-corrected chi connectivity index (χ4v) is 2.35. The monoisotopic (exact) mass is 236 g/mol. The van der Waals surface area contributed by atoms with Crippen LogP contribution in [0.4, 0.5) is 0 Å². The van der Waals surface area contributed by atoms with Gasteiger partial charge in [-0.1, -0.05) is 6.92 Å². The summed E-state index contributed by atoms with van der Waals surface area (Å²) in [6.07, 6.45) is 4.66. The van der Waals surface area contributed by atoms with Crippen molar-refractivity contribution in [3.8, 4) is 11.3 Å². The molecular formula is C11H16N4S. The summed E-state index contributed by atoms with van der Waals surface area (Å²) in [6, 6.07) is 0. The van der Waals surface area contributed by atoms with Crippen LogP contribution in [0.2, 0.25) is 0 Å². The smallest absolute Gasteiger partial charge is 0.113 e. The van der Waals surface area contributed by atoms with Gasteiger partial charge >= 0.3 is 0 Å². The molecule has 2 rings (SSSR count). The van der Waals surface area contributed by atoms with E-state index in [-0.39, 0.29) is 5.54 Å². The highest BCUT2D eigenvalue weighted by Gasteiger charge is 2.22. The molecule has 16 heavy (non-hydrogen) atoms. The van der Waals surface area contributed by atoms with Crippen LogP contribution >= 0.6 is 11.3 Å². The molecule has 0 aliphatic rings. The maximum atomic E-state index is 6.16. The van der Waals surface area contributed by atoms with E-state index in [4.69, 9.17) is 5.73 Å². The highest BCUT2D eigenvalue weighted by Crippen LogP contribution is 2.28. The Hall–Kier alpha value is -1.20. The van der Waals surface area contributed by atoms with Crippen molar-refractivity contribution in [2.45, 2.75) is 25.8 Å². The zero-order chi connectivity index (χ0) is 11.8. The van der Waals surface area contributed by atoms with Crippen LogP contribution in [0.1, 0.15) is 25.3 Å². The molecule has 0 saturated carbocycles. The minimum absolute atomic E-state index is 0.328. The van der Waals surface area contributed by atoms with E-state index in [9.17, 15) is 0 Å². The first-order valence-electron chi connectivity index (χ1n) is 5.27. The SMILES string of the molecule is CCC(C)(N)c1nc(-c2cnn(C)c2)cs1. The van der Waals surface area contributed by atoms with Crippen LogP contribution in [0.3, 0.4) is 0 Å². The van der Waals surface area contributed by atoms with Gasteiger partial charge in [0.15, 0.2) is 0 Å². The molecule has 1 atom stereocenters. The van der Waals surface area contributed by atoms with E-state index in [1.54, 1.807) is 16.0 Å². The normalized spacial score (nSPS) is 15.0. The topological polar surface area (TPSA) is 56.7 Å². The summed E-state index contributed by atoms with van der Waals surface area (Å²) in [5.41, 5.74) is 7.83. The molecule has 86 valence electrons. The minimum Gasteiger partial charge on any atom is -0.320 e. The van der Waals surface area contributed by atoms with Gasteiger partial charge in [0.25, 0.3) is 0 Å². The Morgan fingerprint density at radius 2 is 2.31 bits per heavy atom. The van der Waals surface area contributed by atoms with Gasteiger partial charge in [-0.25, -0.2) is 4.98 Å². The Balaban J connectivity index is 2.33. The summed E-state index contributed by atoms with van der Waals surface area (Å²) in [7, 11) is 1.90. The molecule has 2 aromatic rings. The van der Waals surface area contributed by atoms with Gasteiger partial charge in [-0.05, 0) is 13.3 Å². The molecule has 2 N–H and O–H groups in total.